The monoisotopic (exact) mass is 364 g/mol. The van der Waals surface area contributed by atoms with Crippen molar-refractivity contribution in [1.82, 2.24) is 29.7 Å². The summed E-state index contributed by atoms with van der Waals surface area (Å²) in [5, 5.41) is 3.92. The lowest BCUT2D eigenvalue weighted by Gasteiger charge is -2.35. The van der Waals surface area contributed by atoms with Gasteiger partial charge in [-0.25, -0.2) is 0 Å². The first-order valence-corrected chi connectivity index (χ1v) is 9.15. The van der Waals surface area contributed by atoms with Gasteiger partial charge in [0.1, 0.15) is 0 Å². The minimum atomic E-state index is -0.198. The molecule has 0 saturated carbocycles. The molecule has 0 aliphatic carbocycles. The minimum absolute atomic E-state index is 0.0938. The predicted molar refractivity (Wildman–Crippen MR) is 94.1 cm³/mol. The first kappa shape index (κ1) is 18.8. The van der Waals surface area contributed by atoms with Crippen molar-refractivity contribution in [3.63, 3.8) is 0 Å². The number of carbonyl (C=O) groups excluding carboxylic acids is 2. The zero-order chi connectivity index (χ0) is 18.7. The summed E-state index contributed by atoms with van der Waals surface area (Å²) in [4.78, 5) is 37.1. The largest absolute Gasteiger partial charge is 0.341 e. The minimum Gasteiger partial charge on any atom is -0.341 e. The van der Waals surface area contributed by atoms with Gasteiger partial charge in [-0.15, -0.1) is 0 Å². The average molecular weight is 364 g/mol. The fraction of sp³-hybridized carbons (Fsp3) is 0.765. The second kappa shape index (κ2) is 8.13. The number of aromatic nitrogens is 2. The Morgan fingerprint density at radius 2 is 2.00 bits per heavy atom. The highest BCUT2D eigenvalue weighted by atomic mass is 16.5. The van der Waals surface area contributed by atoms with Crippen molar-refractivity contribution < 1.29 is 14.1 Å². The smallest absolute Gasteiger partial charge is 0.228 e. The molecular formula is C17H28N6O3. The molecule has 1 aromatic rings. The van der Waals surface area contributed by atoms with Gasteiger partial charge >= 0.3 is 0 Å². The van der Waals surface area contributed by atoms with Gasteiger partial charge in [-0.05, 0) is 14.1 Å². The third kappa shape index (κ3) is 4.59. The van der Waals surface area contributed by atoms with Crippen LogP contribution in [0.1, 0.15) is 18.1 Å². The van der Waals surface area contributed by atoms with E-state index in [4.69, 9.17) is 4.52 Å². The molecule has 2 aliphatic heterocycles. The molecule has 3 heterocycles. The molecule has 1 unspecified atom stereocenters. The number of hydrogen-bond acceptors (Lipinski definition) is 7. The lowest BCUT2D eigenvalue weighted by molar-refractivity contribution is -0.137. The van der Waals surface area contributed by atoms with Gasteiger partial charge in [-0.2, -0.15) is 4.98 Å². The van der Waals surface area contributed by atoms with Crippen LogP contribution in [0.3, 0.4) is 0 Å². The molecule has 2 amide bonds. The highest BCUT2D eigenvalue weighted by Crippen LogP contribution is 2.21. The van der Waals surface area contributed by atoms with E-state index in [9.17, 15) is 9.59 Å². The number of aryl methyl sites for hydroxylation is 1. The van der Waals surface area contributed by atoms with Crippen molar-refractivity contribution in [2.45, 2.75) is 19.9 Å². The van der Waals surface area contributed by atoms with E-state index in [1.165, 1.54) is 0 Å². The Hall–Kier alpha value is -2.00. The quantitative estimate of drug-likeness (QED) is 0.668. The second-order valence-corrected chi connectivity index (χ2v) is 7.38. The van der Waals surface area contributed by atoms with Gasteiger partial charge in [0, 0.05) is 59.2 Å². The molecule has 2 saturated heterocycles. The van der Waals surface area contributed by atoms with Crippen LogP contribution in [0.2, 0.25) is 0 Å². The van der Waals surface area contributed by atoms with E-state index in [1.54, 1.807) is 6.92 Å². The Morgan fingerprint density at radius 3 is 2.62 bits per heavy atom. The van der Waals surface area contributed by atoms with E-state index in [-0.39, 0.29) is 17.7 Å². The number of hydrogen-bond donors (Lipinski definition) is 0. The van der Waals surface area contributed by atoms with Crippen molar-refractivity contribution in [2.24, 2.45) is 5.92 Å². The molecule has 9 heteroatoms. The summed E-state index contributed by atoms with van der Waals surface area (Å²) in [7, 11) is 3.97. The molecule has 1 aromatic heterocycles. The Balaban J connectivity index is 1.45. The maximum absolute atomic E-state index is 12.8. The lowest BCUT2D eigenvalue weighted by atomic mass is 10.1. The van der Waals surface area contributed by atoms with Crippen LogP contribution in [0.15, 0.2) is 4.52 Å². The molecule has 26 heavy (non-hydrogen) atoms. The Morgan fingerprint density at radius 1 is 1.27 bits per heavy atom. The summed E-state index contributed by atoms with van der Waals surface area (Å²) < 4.78 is 5.00. The van der Waals surface area contributed by atoms with Crippen LogP contribution < -0.4 is 0 Å². The van der Waals surface area contributed by atoms with E-state index in [0.717, 1.165) is 19.6 Å². The Labute approximate surface area is 153 Å². The molecule has 2 fully saturated rings. The number of likely N-dealkylation sites (N-methyl/N-ethyl adjacent to an activating group) is 1. The average Bonchev–Trinajstić information content (AvgIpc) is 3.18. The zero-order valence-electron chi connectivity index (χ0n) is 15.8. The number of piperazine rings is 1. The Kier molecular flexibility index (Phi) is 5.87. The molecule has 1 atom stereocenters. The normalized spacial score (nSPS) is 21.8. The van der Waals surface area contributed by atoms with Gasteiger partial charge in [0.05, 0.1) is 12.5 Å². The second-order valence-electron chi connectivity index (χ2n) is 7.38. The van der Waals surface area contributed by atoms with Crippen LogP contribution in [-0.4, -0.2) is 101 Å². The number of rotatable bonds is 6. The molecule has 0 spiro atoms. The third-order valence-corrected chi connectivity index (χ3v) is 5.00. The summed E-state index contributed by atoms with van der Waals surface area (Å²) in [6, 6.07) is 0. The molecular weight excluding hydrogens is 336 g/mol. The summed E-state index contributed by atoms with van der Waals surface area (Å²) in [5.74, 6) is 1.26. The fourth-order valence-corrected chi connectivity index (χ4v) is 3.46. The molecule has 144 valence electrons. The molecule has 2 aliphatic rings. The molecule has 3 rings (SSSR count). The van der Waals surface area contributed by atoms with Crippen molar-refractivity contribution in [1.29, 1.82) is 0 Å². The van der Waals surface area contributed by atoms with Crippen LogP contribution >= 0.6 is 0 Å². The number of likely N-dealkylation sites (tertiary alicyclic amines) is 1. The summed E-state index contributed by atoms with van der Waals surface area (Å²) in [5.41, 5.74) is 0. The first-order chi connectivity index (χ1) is 12.4. The molecule has 0 N–H and O–H groups in total. The van der Waals surface area contributed by atoms with Crippen molar-refractivity contribution in [3.8, 4) is 0 Å². The third-order valence-electron chi connectivity index (χ3n) is 5.00. The zero-order valence-corrected chi connectivity index (χ0v) is 15.8. The van der Waals surface area contributed by atoms with Gasteiger partial charge in [-0.1, -0.05) is 5.16 Å². The van der Waals surface area contributed by atoms with Gasteiger partial charge in [0.15, 0.2) is 5.82 Å². The highest BCUT2D eigenvalue weighted by Gasteiger charge is 2.37. The van der Waals surface area contributed by atoms with Crippen molar-refractivity contribution in [2.75, 3.05) is 59.9 Å². The van der Waals surface area contributed by atoms with Gasteiger partial charge in [-0.3, -0.25) is 14.5 Å². The fourth-order valence-electron chi connectivity index (χ4n) is 3.46. The van der Waals surface area contributed by atoms with E-state index >= 15 is 0 Å². The van der Waals surface area contributed by atoms with Crippen LogP contribution in [-0.2, 0) is 16.1 Å². The number of nitrogens with zero attached hydrogens (tertiary/aromatic N) is 6. The van der Waals surface area contributed by atoms with Crippen LogP contribution in [0, 0.1) is 12.8 Å². The predicted octanol–water partition coefficient (Wildman–Crippen LogP) is -0.568. The van der Waals surface area contributed by atoms with E-state index in [1.807, 2.05) is 28.8 Å². The maximum atomic E-state index is 12.8. The summed E-state index contributed by atoms with van der Waals surface area (Å²) in [6.45, 7) is 7.39. The van der Waals surface area contributed by atoms with Crippen molar-refractivity contribution >= 4 is 11.8 Å². The topological polar surface area (TPSA) is 86.0 Å². The summed E-state index contributed by atoms with van der Waals surface area (Å²) in [6.07, 6.45) is 0.342. The molecule has 9 nitrogen and oxygen atoms in total. The summed E-state index contributed by atoms with van der Waals surface area (Å²) >= 11 is 0. The van der Waals surface area contributed by atoms with E-state index in [0.29, 0.717) is 50.9 Å². The Bertz CT molecular complexity index is 638. The maximum Gasteiger partial charge on any atom is 0.228 e. The lowest BCUT2D eigenvalue weighted by Crippen LogP contribution is -2.50. The standard InChI is InChI=1S/C17H28N6O3/c1-13-18-15(19-26-13)12-21-5-8-22(9-6-21)17(25)14-10-16(24)23(11-14)7-4-20(2)3/h14H,4-12H2,1-3H3. The van der Waals surface area contributed by atoms with E-state index in [2.05, 4.69) is 15.0 Å². The van der Waals surface area contributed by atoms with Gasteiger partial charge < -0.3 is 19.2 Å². The van der Waals surface area contributed by atoms with Crippen LogP contribution in [0.5, 0.6) is 0 Å². The van der Waals surface area contributed by atoms with Gasteiger partial charge in [0.25, 0.3) is 0 Å². The van der Waals surface area contributed by atoms with Crippen LogP contribution in [0.25, 0.3) is 0 Å². The number of amides is 2. The molecule has 0 bridgehead atoms. The van der Waals surface area contributed by atoms with Crippen molar-refractivity contribution in [3.05, 3.63) is 11.7 Å². The SMILES string of the molecule is Cc1nc(CN2CCN(C(=O)C3CC(=O)N(CCN(C)C)C3)CC2)no1. The number of carbonyl (C=O) groups is 2. The molecule has 0 radical (unpaired) electrons. The molecule has 0 aromatic carbocycles. The highest BCUT2D eigenvalue weighted by molar-refractivity contribution is 5.89. The van der Waals surface area contributed by atoms with Gasteiger partial charge in [0.2, 0.25) is 17.7 Å². The first-order valence-electron chi connectivity index (χ1n) is 9.15. The van der Waals surface area contributed by atoms with Crippen LogP contribution in [0.4, 0.5) is 0 Å². The van der Waals surface area contributed by atoms with E-state index < -0.39 is 0 Å².